The number of rotatable bonds is 3. The molecule has 8 nitrogen and oxygen atoms in total. The maximum atomic E-state index is 13.1. The number of amides is 2. The van der Waals surface area contributed by atoms with Crippen molar-refractivity contribution in [3.05, 3.63) is 53.3 Å². The lowest BCUT2D eigenvalue weighted by Crippen LogP contribution is -2.50. The highest BCUT2D eigenvalue weighted by Gasteiger charge is 2.27. The molecule has 4 rings (SSSR count). The Balaban J connectivity index is 1.58. The van der Waals surface area contributed by atoms with E-state index in [1.54, 1.807) is 27.4 Å². The van der Waals surface area contributed by atoms with Gasteiger partial charge in [-0.25, -0.2) is 14.3 Å². The molecule has 1 saturated heterocycles. The zero-order valence-corrected chi connectivity index (χ0v) is 16.7. The molecule has 1 aromatic carbocycles. The summed E-state index contributed by atoms with van der Waals surface area (Å²) in [7, 11) is 0. The molecule has 1 fully saturated rings. The molecule has 2 aromatic heterocycles. The number of fused-ring (bicyclic) bond motifs is 1. The summed E-state index contributed by atoms with van der Waals surface area (Å²) in [6.07, 6.45) is 2.83. The number of carbonyl (C=O) groups excluding carboxylic acids is 2. The van der Waals surface area contributed by atoms with Crippen LogP contribution in [0.4, 0.5) is 4.79 Å². The Hall–Kier alpha value is -3.13. The summed E-state index contributed by atoms with van der Waals surface area (Å²) in [5.41, 5.74) is 2.46. The third kappa shape index (κ3) is 3.63. The third-order valence-electron chi connectivity index (χ3n) is 4.87. The zero-order valence-electron chi connectivity index (χ0n) is 15.9. The maximum Gasteiger partial charge on any atom is 0.409 e. The Morgan fingerprint density at radius 3 is 2.55 bits per heavy atom. The number of benzene rings is 1. The van der Waals surface area contributed by atoms with Gasteiger partial charge in [-0.2, -0.15) is 5.10 Å². The molecule has 3 aromatic rings. The first-order valence-electron chi connectivity index (χ1n) is 9.38. The predicted octanol–water partition coefficient (Wildman–Crippen LogP) is 2.96. The second-order valence-electron chi connectivity index (χ2n) is 6.58. The highest BCUT2D eigenvalue weighted by atomic mass is 35.5. The van der Waals surface area contributed by atoms with Gasteiger partial charge < -0.3 is 14.5 Å². The lowest BCUT2D eigenvalue weighted by molar-refractivity contribution is 0.0571. The Kier molecular flexibility index (Phi) is 5.35. The van der Waals surface area contributed by atoms with E-state index in [4.69, 9.17) is 16.3 Å². The van der Waals surface area contributed by atoms with Gasteiger partial charge in [0.2, 0.25) is 0 Å². The summed E-state index contributed by atoms with van der Waals surface area (Å²) < 4.78 is 6.65. The zero-order chi connectivity index (χ0) is 20.4. The van der Waals surface area contributed by atoms with Crippen LogP contribution >= 0.6 is 11.6 Å². The van der Waals surface area contributed by atoms with Crippen LogP contribution < -0.4 is 0 Å². The van der Waals surface area contributed by atoms with E-state index >= 15 is 0 Å². The summed E-state index contributed by atoms with van der Waals surface area (Å²) in [5.74, 6) is -0.160. The summed E-state index contributed by atoms with van der Waals surface area (Å²) >= 11 is 6.33. The van der Waals surface area contributed by atoms with Gasteiger partial charge in [-0.1, -0.05) is 29.8 Å². The molecule has 0 atom stereocenters. The van der Waals surface area contributed by atoms with Crippen LogP contribution in [0.3, 0.4) is 0 Å². The van der Waals surface area contributed by atoms with Gasteiger partial charge in [0.15, 0.2) is 5.65 Å². The van der Waals surface area contributed by atoms with Crippen LogP contribution in [0.25, 0.3) is 16.9 Å². The lowest BCUT2D eigenvalue weighted by atomic mass is 10.1. The van der Waals surface area contributed by atoms with E-state index in [-0.39, 0.29) is 12.0 Å². The van der Waals surface area contributed by atoms with E-state index in [2.05, 4.69) is 10.1 Å². The standard InChI is InChI=1S/C20H20ClN5O3/c1-2-29-20(28)25-11-9-24(10-12-25)19(27)15-13-23-26-17(7-8-22-18(15)26)14-5-3-4-6-16(14)21/h3-8,13H,2,9-12H2,1H3. The predicted molar refractivity (Wildman–Crippen MR) is 108 cm³/mol. The van der Waals surface area contributed by atoms with Gasteiger partial charge in [0.1, 0.15) is 5.56 Å². The molecule has 0 aliphatic carbocycles. The van der Waals surface area contributed by atoms with Crippen LogP contribution in [0, 0.1) is 0 Å². The highest BCUT2D eigenvalue weighted by Crippen LogP contribution is 2.28. The van der Waals surface area contributed by atoms with Crippen molar-refractivity contribution >= 4 is 29.2 Å². The molecule has 29 heavy (non-hydrogen) atoms. The van der Waals surface area contributed by atoms with Crippen LogP contribution in [-0.2, 0) is 4.74 Å². The lowest BCUT2D eigenvalue weighted by Gasteiger charge is -2.33. The molecular formula is C20H20ClN5O3. The first-order valence-corrected chi connectivity index (χ1v) is 9.76. The van der Waals surface area contributed by atoms with Gasteiger partial charge in [-0.15, -0.1) is 0 Å². The maximum absolute atomic E-state index is 13.1. The second kappa shape index (κ2) is 8.08. The van der Waals surface area contributed by atoms with E-state index in [0.717, 1.165) is 11.3 Å². The largest absolute Gasteiger partial charge is 0.450 e. The molecule has 0 radical (unpaired) electrons. The minimum Gasteiger partial charge on any atom is -0.450 e. The van der Waals surface area contributed by atoms with Gasteiger partial charge in [-0.3, -0.25) is 4.79 Å². The van der Waals surface area contributed by atoms with Crippen LogP contribution in [0.15, 0.2) is 42.7 Å². The van der Waals surface area contributed by atoms with E-state index < -0.39 is 0 Å². The van der Waals surface area contributed by atoms with Gasteiger partial charge >= 0.3 is 6.09 Å². The number of ether oxygens (including phenoxy) is 1. The molecule has 2 amide bonds. The summed E-state index contributed by atoms with van der Waals surface area (Å²) in [6.45, 7) is 3.83. The first-order chi connectivity index (χ1) is 14.1. The molecule has 0 saturated carbocycles. The fourth-order valence-corrected chi connectivity index (χ4v) is 3.63. The SMILES string of the molecule is CCOC(=O)N1CCN(C(=O)c2cnn3c(-c4ccccc4Cl)ccnc23)CC1. The number of halogens is 1. The average Bonchev–Trinajstić information content (AvgIpc) is 3.18. The van der Waals surface area contributed by atoms with E-state index in [1.807, 2.05) is 30.3 Å². The summed E-state index contributed by atoms with van der Waals surface area (Å²) in [5, 5.41) is 4.98. The molecule has 1 aliphatic heterocycles. The van der Waals surface area contributed by atoms with E-state index in [9.17, 15) is 9.59 Å². The first kappa shape index (κ1) is 19.2. The van der Waals surface area contributed by atoms with Gasteiger partial charge in [0.05, 0.1) is 18.5 Å². The van der Waals surface area contributed by atoms with Crippen molar-refractivity contribution in [3.8, 4) is 11.3 Å². The summed E-state index contributed by atoms with van der Waals surface area (Å²) in [6, 6.07) is 9.27. The summed E-state index contributed by atoms with van der Waals surface area (Å²) in [4.78, 5) is 32.6. The van der Waals surface area contributed by atoms with Gasteiger partial charge in [0.25, 0.3) is 5.91 Å². The second-order valence-corrected chi connectivity index (χ2v) is 6.99. The molecule has 1 aliphatic rings. The molecule has 0 N–H and O–H groups in total. The number of hydrogen-bond donors (Lipinski definition) is 0. The van der Waals surface area contributed by atoms with Crippen LogP contribution in [0.1, 0.15) is 17.3 Å². The van der Waals surface area contributed by atoms with Crippen molar-refractivity contribution in [1.82, 2.24) is 24.4 Å². The average molecular weight is 414 g/mol. The fourth-order valence-electron chi connectivity index (χ4n) is 3.39. The van der Waals surface area contributed by atoms with E-state index in [0.29, 0.717) is 49.0 Å². The van der Waals surface area contributed by atoms with Crippen molar-refractivity contribution in [1.29, 1.82) is 0 Å². The topological polar surface area (TPSA) is 80.0 Å². The van der Waals surface area contributed by atoms with Crippen molar-refractivity contribution in [2.24, 2.45) is 0 Å². The highest BCUT2D eigenvalue weighted by molar-refractivity contribution is 6.33. The Bertz CT molecular complexity index is 1060. The fraction of sp³-hybridized carbons (Fsp3) is 0.300. The quantitative estimate of drug-likeness (QED) is 0.659. The molecule has 0 bridgehead atoms. The molecule has 3 heterocycles. The van der Waals surface area contributed by atoms with Crippen LogP contribution in [-0.4, -0.2) is 69.2 Å². The van der Waals surface area contributed by atoms with Crippen LogP contribution in [0.5, 0.6) is 0 Å². The number of nitrogens with zero attached hydrogens (tertiary/aromatic N) is 5. The van der Waals surface area contributed by atoms with Crippen LogP contribution in [0.2, 0.25) is 5.02 Å². The number of piperazine rings is 1. The third-order valence-corrected chi connectivity index (χ3v) is 5.20. The minimum atomic E-state index is -0.346. The minimum absolute atomic E-state index is 0.160. The van der Waals surface area contributed by atoms with E-state index in [1.165, 1.54) is 6.20 Å². The number of aromatic nitrogens is 3. The Labute approximate surface area is 172 Å². The van der Waals surface area contributed by atoms with Crippen molar-refractivity contribution < 1.29 is 14.3 Å². The van der Waals surface area contributed by atoms with Crippen molar-refractivity contribution in [2.75, 3.05) is 32.8 Å². The Morgan fingerprint density at radius 2 is 1.83 bits per heavy atom. The molecule has 0 unspecified atom stereocenters. The smallest absolute Gasteiger partial charge is 0.409 e. The molecule has 150 valence electrons. The normalized spacial score (nSPS) is 14.3. The van der Waals surface area contributed by atoms with Crippen molar-refractivity contribution in [3.63, 3.8) is 0 Å². The Morgan fingerprint density at radius 1 is 1.10 bits per heavy atom. The molecule has 9 heteroatoms. The van der Waals surface area contributed by atoms with Crippen molar-refractivity contribution in [2.45, 2.75) is 6.92 Å². The monoisotopic (exact) mass is 413 g/mol. The number of hydrogen-bond acceptors (Lipinski definition) is 5. The number of carbonyl (C=O) groups is 2. The molecule has 0 spiro atoms. The van der Waals surface area contributed by atoms with Gasteiger partial charge in [-0.05, 0) is 19.1 Å². The molecular weight excluding hydrogens is 394 g/mol. The van der Waals surface area contributed by atoms with Gasteiger partial charge in [0, 0.05) is 43.0 Å².